The molecule has 1 aliphatic rings. The summed E-state index contributed by atoms with van der Waals surface area (Å²) in [4.78, 5) is 45.9. The molecule has 1 atom stereocenters. The van der Waals surface area contributed by atoms with Crippen LogP contribution in [0, 0.1) is 0 Å². The van der Waals surface area contributed by atoms with Gasteiger partial charge in [-0.2, -0.15) is 0 Å². The maximum atomic E-state index is 13.2. The molecule has 0 radical (unpaired) electrons. The Morgan fingerprint density at radius 2 is 1.51 bits per heavy atom. The highest BCUT2D eigenvalue weighted by Gasteiger charge is 2.36. The van der Waals surface area contributed by atoms with Crippen LogP contribution in [0.2, 0.25) is 10.0 Å². The lowest BCUT2D eigenvalue weighted by molar-refractivity contribution is 0.0683. The minimum absolute atomic E-state index is 0.0523. The van der Waals surface area contributed by atoms with Crippen LogP contribution >= 0.6 is 23.2 Å². The Balaban J connectivity index is 1.62. The van der Waals surface area contributed by atoms with E-state index in [4.69, 9.17) is 23.2 Å². The summed E-state index contributed by atoms with van der Waals surface area (Å²) in [6, 6.07) is 18.0. The first-order valence-corrected chi connectivity index (χ1v) is 13.9. The number of aryl methyl sites for hydroxylation is 1. The number of pyridine rings is 2. The van der Waals surface area contributed by atoms with Crippen LogP contribution < -0.4 is 10.5 Å². The minimum atomic E-state index is -1.39. The third-order valence-corrected chi connectivity index (χ3v) is 8.17. The van der Waals surface area contributed by atoms with Crippen molar-refractivity contribution in [2.45, 2.75) is 25.4 Å². The number of aromatic carboxylic acids is 2. The number of aromatic nitrogens is 2. The lowest BCUT2D eigenvalue weighted by atomic mass is 9.93. The predicted octanol–water partition coefficient (Wildman–Crippen LogP) is 5.33. The Labute approximate surface area is 246 Å². The zero-order valence-electron chi connectivity index (χ0n) is 22.4. The van der Waals surface area contributed by atoms with Crippen LogP contribution in [-0.2, 0) is 7.05 Å². The maximum absolute atomic E-state index is 13.2. The van der Waals surface area contributed by atoms with E-state index in [1.54, 1.807) is 0 Å². The fraction of sp³-hybridized carbons (Fsp3) is 0.267. The summed E-state index contributed by atoms with van der Waals surface area (Å²) < 4.78 is 1.20. The van der Waals surface area contributed by atoms with E-state index < -0.39 is 23.1 Å². The van der Waals surface area contributed by atoms with Gasteiger partial charge < -0.3 is 19.7 Å². The molecule has 0 amide bonds. The normalized spacial score (nSPS) is 15.9. The molecule has 2 aromatic carbocycles. The molecule has 1 aliphatic heterocycles. The number of carboxylic acids is 2. The minimum Gasteiger partial charge on any atom is -0.477 e. The molecule has 1 fully saturated rings. The van der Waals surface area contributed by atoms with Gasteiger partial charge in [0.1, 0.15) is 11.2 Å². The van der Waals surface area contributed by atoms with Gasteiger partial charge in [-0.3, -0.25) is 9.69 Å². The van der Waals surface area contributed by atoms with Crippen LogP contribution in [0.5, 0.6) is 0 Å². The molecule has 0 saturated carbocycles. The summed E-state index contributed by atoms with van der Waals surface area (Å²) in [5.74, 6) is -2.63. The van der Waals surface area contributed by atoms with Crippen molar-refractivity contribution < 1.29 is 19.8 Å². The largest absolute Gasteiger partial charge is 0.477 e. The smallest absolute Gasteiger partial charge is 0.354 e. The van der Waals surface area contributed by atoms with E-state index in [0.29, 0.717) is 35.2 Å². The molecule has 11 heteroatoms. The first-order chi connectivity index (χ1) is 19.6. The predicted molar refractivity (Wildman–Crippen MR) is 159 cm³/mol. The summed E-state index contributed by atoms with van der Waals surface area (Å²) in [5.41, 5.74) is 1.42. The van der Waals surface area contributed by atoms with Crippen molar-refractivity contribution in [3.8, 4) is 0 Å². The average Bonchev–Trinajstić information content (AvgIpc) is 2.96. The van der Waals surface area contributed by atoms with Crippen molar-refractivity contribution in [3.05, 3.63) is 103 Å². The van der Waals surface area contributed by atoms with Gasteiger partial charge in [-0.25, -0.2) is 14.6 Å². The van der Waals surface area contributed by atoms with Crippen LogP contribution in [-0.4, -0.2) is 62.3 Å². The first kappa shape index (κ1) is 28.6. The molecule has 2 aromatic heterocycles. The van der Waals surface area contributed by atoms with Gasteiger partial charge in [-0.1, -0.05) is 54.4 Å². The van der Waals surface area contributed by atoms with E-state index in [-0.39, 0.29) is 29.0 Å². The summed E-state index contributed by atoms with van der Waals surface area (Å²) in [5, 5.41) is 21.0. The highest BCUT2D eigenvalue weighted by atomic mass is 35.5. The van der Waals surface area contributed by atoms with Gasteiger partial charge in [0, 0.05) is 42.8 Å². The molecule has 1 saturated heterocycles. The summed E-state index contributed by atoms with van der Waals surface area (Å²) in [6.07, 6.45) is 0.729. The number of nitrogens with zero attached hydrogens (tertiary/aromatic N) is 4. The van der Waals surface area contributed by atoms with Crippen LogP contribution in [0.4, 0.5) is 5.69 Å². The van der Waals surface area contributed by atoms with Crippen molar-refractivity contribution in [1.82, 2.24) is 14.5 Å². The third kappa shape index (κ3) is 5.40. The van der Waals surface area contributed by atoms with Gasteiger partial charge in [-0.05, 0) is 53.9 Å². The second-order valence-corrected chi connectivity index (χ2v) is 10.9. The van der Waals surface area contributed by atoms with Gasteiger partial charge in [-0.15, -0.1) is 0 Å². The summed E-state index contributed by atoms with van der Waals surface area (Å²) >= 11 is 12.4. The highest BCUT2D eigenvalue weighted by molar-refractivity contribution is 6.30. The first-order valence-electron chi connectivity index (χ1n) is 13.1. The number of hydrogen-bond acceptors (Lipinski definition) is 6. The van der Waals surface area contributed by atoms with Crippen molar-refractivity contribution in [2.75, 3.05) is 24.5 Å². The molecule has 0 bridgehead atoms. The SMILES string of the molecule is CC[C@@H]1CN(c2c(C(=O)O)c(=O)n(C)c3ccc(C(=O)O)nc23)CCN1C(c1ccc(Cl)cc1)c1ccc(Cl)cc1. The molecule has 212 valence electrons. The molecule has 41 heavy (non-hydrogen) atoms. The number of benzene rings is 2. The fourth-order valence-electron chi connectivity index (χ4n) is 5.65. The van der Waals surface area contributed by atoms with E-state index in [1.807, 2.05) is 53.4 Å². The Bertz CT molecular complexity index is 1640. The third-order valence-electron chi connectivity index (χ3n) is 7.67. The van der Waals surface area contributed by atoms with Gasteiger partial charge in [0.25, 0.3) is 5.56 Å². The summed E-state index contributed by atoms with van der Waals surface area (Å²) in [6.45, 7) is 3.37. The topological polar surface area (TPSA) is 116 Å². The molecule has 2 N–H and O–H groups in total. The number of halogens is 2. The number of carbonyl (C=O) groups is 2. The van der Waals surface area contributed by atoms with Crippen LogP contribution in [0.1, 0.15) is 51.4 Å². The molecule has 5 rings (SSSR count). The quantitative estimate of drug-likeness (QED) is 0.295. The Hall–Kier alpha value is -3.92. The molecule has 3 heterocycles. The summed E-state index contributed by atoms with van der Waals surface area (Å²) in [7, 11) is 1.46. The number of fused-ring (bicyclic) bond motifs is 1. The number of anilines is 1. The number of carboxylic acid groups (broad SMARTS) is 2. The zero-order chi connectivity index (χ0) is 29.4. The van der Waals surface area contributed by atoms with Crippen molar-refractivity contribution in [1.29, 1.82) is 0 Å². The zero-order valence-corrected chi connectivity index (χ0v) is 23.9. The lowest BCUT2D eigenvalue weighted by Crippen LogP contribution is -2.55. The van der Waals surface area contributed by atoms with E-state index >= 15 is 0 Å². The maximum Gasteiger partial charge on any atom is 0.354 e. The Morgan fingerprint density at radius 3 is 2.02 bits per heavy atom. The van der Waals surface area contributed by atoms with E-state index in [0.717, 1.165) is 17.5 Å². The number of rotatable bonds is 7. The second-order valence-electron chi connectivity index (χ2n) is 10.0. The van der Waals surface area contributed by atoms with Crippen LogP contribution in [0.25, 0.3) is 11.0 Å². The monoisotopic (exact) mass is 594 g/mol. The molecular weight excluding hydrogens is 567 g/mol. The van der Waals surface area contributed by atoms with Gasteiger partial charge >= 0.3 is 11.9 Å². The van der Waals surface area contributed by atoms with Crippen LogP contribution in [0.15, 0.2) is 65.5 Å². The molecule has 0 unspecified atom stereocenters. The standard InChI is InChI=1S/C30H28Cl2N4O5/c1-3-21-16-35(27-24(30(40)41)28(37)34(2)23-13-12-22(29(38)39)33-25(23)27)14-15-36(21)26(17-4-8-19(31)9-5-17)18-6-10-20(32)11-7-18/h4-13,21,26H,3,14-16H2,1-2H3,(H,38,39)(H,40,41)/t21-/m1/s1. The molecular formula is C30H28Cl2N4O5. The Kier molecular flexibility index (Phi) is 8.04. The van der Waals surface area contributed by atoms with Crippen LogP contribution in [0.3, 0.4) is 0 Å². The van der Waals surface area contributed by atoms with Gasteiger partial charge in [0.15, 0.2) is 5.56 Å². The molecule has 0 aliphatic carbocycles. The molecule has 0 spiro atoms. The second kappa shape index (κ2) is 11.5. The van der Waals surface area contributed by atoms with Crippen molar-refractivity contribution >= 4 is 51.9 Å². The number of hydrogen-bond donors (Lipinski definition) is 2. The van der Waals surface area contributed by atoms with Gasteiger partial charge in [0.05, 0.1) is 17.2 Å². The van der Waals surface area contributed by atoms with E-state index in [2.05, 4.69) is 16.8 Å². The highest BCUT2D eigenvalue weighted by Crippen LogP contribution is 2.36. The van der Waals surface area contributed by atoms with E-state index in [9.17, 15) is 24.6 Å². The Morgan fingerprint density at radius 1 is 0.927 bits per heavy atom. The molecule has 4 aromatic rings. The fourth-order valence-corrected chi connectivity index (χ4v) is 5.91. The van der Waals surface area contributed by atoms with E-state index in [1.165, 1.54) is 23.7 Å². The average molecular weight is 595 g/mol. The van der Waals surface area contributed by atoms with Crippen molar-refractivity contribution in [3.63, 3.8) is 0 Å². The van der Waals surface area contributed by atoms with Crippen molar-refractivity contribution in [2.24, 2.45) is 7.05 Å². The molecule has 9 nitrogen and oxygen atoms in total. The number of piperazine rings is 1. The van der Waals surface area contributed by atoms with Gasteiger partial charge in [0.2, 0.25) is 0 Å². The lowest BCUT2D eigenvalue weighted by Gasteiger charge is -2.46.